The topological polar surface area (TPSA) is 64.3 Å². The number of nitrogens with zero attached hydrogens (tertiary/aromatic N) is 4. The van der Waals surface area contributed by atoms with Crippen LogP contribution >= 0.6 is 11.3 Å². The number of benzene rings is 1. The monoisotopic (exact) mass is 351 g/mol. The number of ether oxygens (including phenoxy) is 1. The third kappa shape index (κ3) is 3.38. The average molecular weight is 351 g/mol. The van der Waals surface area contributed by atoms with Gasteiger partial charge in [-0.3, -0.25) is 0 Å². The molecule has 0 atom stereocenters. The molecule has 0 aliphatic carbocycles. The first kappa shape index (κ1) is 15.7. The normalized spacial score (nSPS) is 11.1. The van der Waals surface area contributed by atoms with Gasteiger partial charge in [0, 0.05) is 24.6 Å². The molecule has 3 heterocycles. The number of hydrogen-bond acceptors (Lipinski definition) is 6. The Labute approximate surface area is 149 Å². The predicted molar refractivity (Wildman–Crippen MR) is 98.6 cm³/mol. The second-order valence-corrected chi connectivity index (χ2v) is 6.41. The zero-order chi connectivity index (χ0) is 17.1. The number of thiophene rings is 1. The van der Waals surface area contributed by atoms with Crippen LogP contribution in [0.25, 0.3) is 17.0 Å². The Hall–Kier alpha value is -2.77. The van der Waals surface area contributed by atoms with Crippen molar-refractivity contribution in [2.24, 2.45) is 0 Å². The molecule has 0 spiro atoms. The van der Waals surface area contributed by atoms with Gasteiger partial charge in [-0.25, -0.2) is 0 Å². The minimum Gasteiger partial charge on any atom is -0.380 e. The molecule has 0 fully saturated rings. The molecule has 0 amide bonds. The van der Waals surface area contributed by atoms with Crippen molar-refractivity contribution < 1.29 is 4.74 Å². The molecule has 0 radical (unpaired) electrons. The fraction of sp³-hybridized carbons (Fsp3) is 0.167. The van der Waals surface area contributed by atoms with Crippen LogP contribution in [0.4, 0.5) is 5.82 Å². The Morgan fingerprint density at radius 3 is 2.64 bits per heavy atom. The van der Waals surface area contributed by atoms with E-state index in [4.69, 9.17) is 4.74 Å². The molecule has 7 heteroatoms. The highest BCUT2D eigenvalue weighted by Gasteiger charge is 2.10. The molecule has 4 rings (SSSR count). The van der Waals surface area contributed by atoms with Crippen molar-refractivity contribution in [3.63, 3.8) is 0 Å². The number of methoxy groups -OCH3 is 1. The molecule has 0 saturated carbocycles. The van der Waals surface area contributed by atoms with Crippen molar-refractivity contribution in [3.05, 3.63) is 64.4 Å². The molecule has 0 unspecified atom stereocenters. The number of rotatable bonds is 6. The lowest BCUT2D eigenvalue weighted by Gasteiger charge is -2.07. The minimum absolute atomic E-state index is 0.630. The molecule has 3 aromatic heterocycles. The highest BCUT2D eigenvalue weighted by atomic mass is 32.1. The van der Waals surface area contributed by atoms with Crippen LogP contribution in [0.15, 0.2) is 53.2 Å². The third-order valence-corrected chi connectivity index (χ3v) is 4.53. The van der Waals surface area contributed by atoms with Gasteiger partial charge in [-0.2, -0.15) is 15.9 Å². The zero-order valence-corrected chi connectivity index (χ0v) is 14.5. The molecule has 0 aliphatic rings. The summed E-state index contributed by atoms with van der Waals surface area (Å²) in [6.45, 7) is 1.33. The second-order valence-electron chi connectivity index (χ2n) is 5.63. The van der Waals surface area contributed by atoms with Crippen LogP contribution in [0.3, 0.4) is 0 Å². The molecule has 1 N–H and O–H groups in total. The van der Waals surface area contributed by atoms with E-state index in [2.05, 4.69) is 44.9 Å². The summed E-state index contributed by atoms with van der Waals surface area (Å²) >= 11 is 1.63. The van der Waals surface area contributed by atoms with E-state index in [-0.39, 0.29) is 0 Å². The number of nitrogens with one attached hydrogen (secondary N) is 1. The van der Waals surface area contributed by atoms with Crippen molar-refractivity contribution in [1.82, 2.24) is 19.8 Å². The van der Waals surface area contributed by atoms with Crippen molar-refractivity contribution in [2.75, 3.05) is 12.4 Å². The molecule has 4 aromatic rings. The van der Waals surface area contributed by atoms with E-state index in [0.29, 0.717) is 13.2 Å². The summed E-state index contributed by atoms with van der Waals surface area (Å²) < 4.78 is 6.90. The van der Waals surface area contributed by atoms with Crippen LogP contribution in [0.1, 0.15) is 11.1 Å². The largest absolute Gasteiger partial charge is 0.380 e. The Balaban J connectivity index is 1.52. The van der Waals surface area contributed by atoms with E-state index in [1.807, 2.05) is 29.0 Å². The van der Waals surface area contributed by atoms with E-state index in [1.54, 1.807) is 23.0 Å². The molecule has 0 bridgehead atoms. The summed E-state index contributed by atoms with van der Waals surface area (Å²) in [5, 5.41) is 20.4. The van der Waals surface area contributed by atoms with Gasteiger partial charge in [-0.1, -0.05) is 24.3 Å². The summed E-state index contributed by atoms with van der Waals surface area (Å²) in [4.78, 5) is 0. The first-order chi connectivity index (χ1) is 12.3. The maximum Gasteiger partial charge on any atom is 0.186 e. The van der Waals surface area contributed by atoms with E-state index in [0.717, 1.165) is 28.4 Å². The minimum atomic E-state index is 0.630. The molecule has 6 nitrogen and oxygen atoms in total. The van der Waals surface area contributed by atoms with E-state index >= 15 is 0 Å². The number of hydrogen-bond donors (Lipinski definition) is 1. The molecule has 0 aliphatic heterocycles. The maximum absolute atomic E-state index is 5.13. The first-order valence-corrected chi connectivity index (χ1v) is 8.83. The van der Waals surface area contributed by atoms with Crippen LogP contribution in [0.2, 0.25) is 0 Å². The van der Waals surface area contributed by atoms with Gasteiger partial charge in [0.05, 0.1) is 6.61 Å². The SMILES string of the molecule is COCc1ccc(CNc2ccc3nnc(-c4ccsc4)n3n2)cc1. The Bertz CT molecular complexity index is 963. The van der Waals surface area contributed by atoms with Crippen molar-refractivity contribution >= 4 is 22.8 Å². The van der Waals surface area contributed by atoms with E-state index in [1.165, 1.54) is 5.56 Å². The molecular formula is C18H17N5OS. The van der Waals surface area contributed by atoms with Gasteiger partial charge in [0.2, 0.25) is 0 Å². The smallest absolute Gasteiger partial charge is 0.186 e. The van der Waals surface area contributed by atoms with Crippen LogP contribution in [-0.2, 0) is 17.9 Å². The quantitative estimate of drug-likeness (QED) is 0.575. The Morgan fingerprint density at radius 2 is 1.88 bits per heavy atom. The Morgan fingerprint density at radius 1 is 1.04 bits per heavy atom. The van der Waals surface area contributed by atoms with Gasteiger partial charge in [-0.15, -0.1) is 15.3 Å². The van der Waals surface area contributed by atoms with Crippen LogP contribution in [-0.4, -0.2) is 26.9 Å². The molecule has 1 aromatic carbocycles. The van der Waals surface area contributed by atoms with Crippen LogP contribution in [0, 0.1) is 0 Å². The standard InChI is InChI=1S/C18H17N5OS/c1-24-11-14-4-2-13(3-5-14)10-19-16-6-7-17-20-21-18(23(17)22-16)15-8-9-25-12-15/h2-9,12H,10-11H2,1H3,(H,19,22). The summed E-state index contributed by atoms with van der Waals surface area (Å²) in [5.74, 6) is 1.54. The van der Waals surface area contributed by atoms with Crippen LogP contribution < -0.4 is 5.32 Å². The molecule has 126 valence electrons. The van der Waals surface area contributed by atoms with Gasteiger partial charge in [0.25, 0.3) is 0 Å². The summed E-state index contributed by atoms with van der Waals surface area (Å²) in [6, 6.07) is 14.2. The molecule has 25 heavy (non-hydrogen) atoms. The van der Waals surface area contributed by atoms with Crippen LogP contribution in [0.5, 0.6) is 0 Å². The maximum atomic E-state index is 5.13. The zero-order valence-electron chi connectivity index (χ0n) is 13.7. The van der Waals surface area contributed by atoms with Gasteiger partial charge < -0.3 is 10.1 Å². The van der Waals surface area contributed by atoms with Gasteiger partial charge in [-0.05, 0) is 34.7 Å². The van der Waals surface area contributed by atoms with E-state index < -0.39 is 0 Å². The lowest BCUT2D eigenvalue weighted by molar-refractivity contribution is 0.185. The lowest BCUT2D eigenvalue weighted by Crippen LogP contribution is -2.04. The fourth-order valence-electron chi connectivity index (χ4n) is 2.57. The second kappa shape index (κ2) is 7.00. The lowest BCUT2D eigenvalue weighted by atomic mass is 10.1. The third-order valence-electron chi connectivity index (χ3n) is 3.85. The van der Waals surface area contributed by atoms with Gasteiger partial charge in [0.1, 0.15) is 5.82 Å². The fourth-order valence-corrected chi connectivity index (χ4v) is 3.20. The molecular weight excluding hydrogens is 334 g/mol. The van der Waals surface area contributed by atoms with Gasteiger partial charge >= 0.3 is 0 Å². The van der Waals surface area contributed by atoms with Crippen molar-refractivity contribution in [3.8, 4) is 11.4 Å². The highest BCUT2D eigenvalue weighted by Crippen LogP contribution is 2.21. The molecule has 0 saturated heterocycles. The van der Waals surface area contributed by atoms with Gasteiger partial charge in [0.15, 0.2) is 11.5 Å². The van der Waals surface area contributed by atoms with Crippen molar-refractivity contribution in [1.29, 1.82) is 0 Å². The highest BCUT2D eigenvalue weighted by molar-refractivity contribution is 7.08. The van der Waals surface area contributed by atoms with E-state index in [9.17, 15) is 0 Å². The summed E-state index contributed by atoms with van der Waals surface area (Å²) in [6.07, 6.45) is 0. The number of anilines is 1. The Kier molecular flexibility index (Phi) is 4.41. The summed E-state index contributed by atoms with van der Waals surface area (Å²) in [5.41, 5.74) is 4.10. The number of aromatic nitrogens is 4. The predicted octanol–water partition coefficient (Wildman–Crippen LogP) is 3.61. The van der Waals surface area contributed by atoms with Crippen molar-refractivity contribution in [2.45, 2.75) is 13.2 Å². The summed E-state index contributed by atoms with van der Waals surface area (Å²) in [7, 11) is 1.70. The number of fused-ring (bicyclic) bond motifs is 1. The first-order valence-electron chi connectivity index (χ1n) is 7.89. The average Bonchev–Trinajstić information content (AvgIpc) is 3.30.